The molecule has 0 bridgehead atoms. The van der Waals surface area contributed by atoms with Gasteiger partial charge in [0.25, 0.3) is 0 Å². The molecular formula is C20H20BrN3O2. The van der Waals surface area contributed by atoms with E-state index in [2.05, 4.69) is 27.3 Å². The van der Waals surface area contributed by atoms with Crippen molar-refractivity contribution in [2.45, 2.75) is 19.8 Å². The normalized spacial score (nSPS) is 10.1. The maximum atomic E-state index is 12.2. The van der Waals surface area contributed by atoms with Gasteiger partial charge in [-0.3, -0.25) is 9.59 Å². The molecule has 2 aromatic carbocycles. The molecular weight excluding hydrogens is 394 g/mol. The molecule has 0 spiro atoms. The van der Waals surface area contributed by atoms with Crippen LogP contribution in [0, 0.1) is 18.3 Å². The SMILES string of the molecule is Cc1cc(Br)ccc1NC(=O)CN(C)C(=O)CCc1ccc(C#N)cc1. The predicted octanol–water partition coefficient (Wildman–Crippen LogP) is 3.66. The summed E-state index contributed by atoms with van der Waals surface area (Å²) < 4.78 is 0.947. The van der Waals surface area contributed by atoms with Crippen LogP contribution in [0.25, 0.3) is 0 Å². The molecule has 0 heterocycles. The van der Waals surface area contributed by atoms with Gasteiger partial charge >= 0.3 is 0 Å². The lowest BCUT2D eigenvalue weighted by molar-refractivity contribution is -0.133. The van der Waals surface area contributed by atoms with Crippen molar-refractivity contribution in [1.82, 2.24) is 4.90 Å². The van der Waals surface area contributed by atoms with Crippen molar-refractivity contribution >= 4 is 33.4 Å². The number of nitrogens with zero attached hydrogens (tertiary/aromatic N) is 2. The van der Waals surface area contributed by atoms with Crippen LogP contribution in [0.5, 0.6) is 0 Å². The van der Waals surface area contributed by atoms with Crippen LogP contribution in [-0.2, 0) is 16.0 Å². The summed E-state index contributed by atoms with van der Waals surface area (Å²) in [4.78, 5) is 25.8. The number of amides is 2. The number of nitrogens with one attached hydrogen (secondary N) is 1. The number of aryl methyl sites for hydroxylation is 2. The minimum atomic E-state index is -0.232. The third kappa shape index (κ3) is 5.71. The van der Waals surface area contributed by atoms with Crippen LogP contribution >= 0.6 is 15.9 Å². The molecule has 0 saturated heterocycles. The number of benzene rings is 2. The van der Waals surface area contributed by atoms with Gasteiger partial charge in [0.15, 0.2) is 0 Å². The summed E-state index contributed by atoms with van der Waals surface area (Å²) in [5.41, 5.74) is 3.26. The van der Waals surface area contributed by atoms with E-state index in [0.717, 1.165) is 21.3 Å². The molecule has 0 fully saturated rings. The lowest BCUT2D eigenvalue weighted by Gasteiger charge is -2.17. The Balaban J connectivity index is 1.83. The second-order valence-electron chi connectivity index (χ2n) is 6.07. The highest BCUT2D eigenvalue weighted by molar-refractivity contribution is 9.10. The highest BCUT2D eigenvalue weighted by Gasteiger charge is 2.14. The van der Waals surface area contributed by atoms with Gasteiger partial charge in [0.1, 0.15) is 0 Å². The predicted molar refractivity (Wildman–Crippen MR) is 105 cm³/mol. The number of hydrogen-bond donors (Lipinski definition) is 1. The molecule has 0 radical (unpaired) electrons. The zero-order valence-corrected chi connectivity index (χ0v) is 16.3. The van der Waals surface area contributed by atoms with Crippen molar-refractivity contribution in [3.63, 3.8) is 0 Å². The number of anilines is 1. The quantitative estimate of drug-likeness (QED) is 0.784. The van der Waals surface area contributed by atoms with E-state index in [1.54, 1.807) is 19.2 Å². The maximum Gasteiger partial charge on any atom is 0.243 e. The average Bonchev–Trinajstić information content (AvgIpc) is 2.62. The molecule has 0 aliphatic heterocycles. The third-order valence-electron chi connectivity index (χ3n) is 3.98. The van der Waals surface area contributed by atoms with Crippen molar-refractivity contribution in [1.29, 1.82) is 5.26 Å². The largest absolute Gasteiger partial charge is 0.336 e. The summed E-state index contributed by atoms with van der Waals surface area (Å²) in [5.74, 6) is -0.332. The van der Waals surface area contributed by atoms with Crippen molar-refractivity contribution in [2.24, 2.45) is 0 Å². The summed E-state index contributed by atoms with van der Waals surface area (Å²) in [6, 6.07) is 14.8. The van der Waals surface area contributed by atoms with Crippen LogP contribution in [0.4, 0.5) is 5.69 Å². The van der Waals surface area contributed by atoms with Gasteiger partial charge < -0.3 is 10.2 Å². The van der Waals surface area contributed by atoms with E-state index in [0.29, 0.717) is 18.4 Å². The Morgan fingerprint density at radius 3 is 2.50 bits per heavy atom. The van der Waals surface area contributed by atoms with E-state index >= 15 is 0 Å². The molecule has 1 N–H and O–H groups in total. The number of likely N-dealkylation sites (N-methyl/N-ethyl adjacent to an activating group) is 1. The molecule has 0 aliphatic carbocycles. The average molecular weight is 414 g/mol. The van der Waals surface area contributed by atoms with Crippen LogP contribution in [0.2, 0.25) is 0 Å². The number of nitriles is 1. The molecule has 134 valence electrons. The molecule has 0 unspecified atom stereocenters. The fourth-order valence-corrected chi connectivity index (χ4v) is 2.92. The molecule has 6 heteroatoms. The van der Waals surface area contributed by atoms with Gasteiger partial charge in [0.2, 0.25) is 11.8 Å². The Kier molecular flexibility index (Phi) is 6.93. The van der Waals surface area contributed by atoms with Gasteiger partial charge in [-0.1, -0.05) is 28.1 Å². The third-order valence-corrected chi connectivity index (χ3v) is 4.47. The van der Waals surface area contributed by atoms with Crippen molar-refractivity contribution in [2.75, 3.05) is 18.9 Å². The molecule has 2 rings (SSSR count). The second kappa shape index (κ2) is 9.16. The number of halogens is 1. The lowest BCUT2D eigenvalue weighted by atomic mass is 10.1. The molecule has 0 atom stereocenters. The Morgan fingerprint density at radius 1 is 1.19 bits per heavy atom. The van der Waals surface area contributed by atoms with E-state index in [4.69, 9.17) is 5.26 Å². The first-order chi connectivity index (χ1) is 12.4. The minimum Gasteiger partial charge on any atom is -0.336 e. The van der Waals surface area contributed by atoms with Gasteiger partial charge in [0, 0.05) is 23.6 Å². The van der Waals surface area contributed by atoms with Crippen molar-refractivity contribution in [3.8, 4) is 6.07 Å². The molecule has 26 heavy (non-hydrogen) atoms. The minimum absolute atomic E-state index is 0.00169. The first-order valence-electron chi connectivity index (χ1n) is 8.18. The first-order valence-corrected chi connectivity index (χ1v) is 8.97. The van der Waals surface area contributed by atoms with E-state index in [1.165, 1.54) is 4.90 Å². The van der Waals surface area contributed by atoms with Crippen LogP contribution < -0.4 is 5.32 Å². The summed E-state index contributed by atoms with van der Waals surface area (Å²) in [5, 5.41) is 11.6. The Labute approximate surface area is 161 Å². The number of hydrogen-bond acceptors (Lipinski definition) is 3. The van der Waals surface area contributed by atoms with Gasteiger partial charge in [-0.2, -0.15) is 5.26 Å². The highest BCUT2D eigenvalue weighted by Crippen LogP contribution is 2.20. The van der Waals surface area contributed by atoms with Gasteiger partial charge in [-0.25, -0.2) is 0 Å². The van der Waals surface area contributed by atoms with Crippen molar-refractivity contribution < 1.29 is 9.59 Å². The van der Waals surface area contributed by atoms with Crippen LogP contribution in [0.3, 0.4) is 0 Å². The zero-order valence-electron chi connectivity index (χ0n) is 14.8. The Morgan fingerprint density at radius 2 is 1.88 bits per heavy atom. The lowest BCUT2D eigenvalue weighted by Crippen LogP contribution is -2.35. The zero-order chi connectivity index (χ0) is 19.1. The Hall–Kier alpha value is -2.65. The smallest absolute Gasteiger partial charge is 0.243 e. The van der Waals surface area contributed by atoms with Crippen molar-refractivity contribution in [3.05, 3.63) is 63.6 Å². The van der Waals surface area contributed by atoms with Crippen LogP contribution in [0.1, 0.15) is 23.1 Å². The van der Waals surface area contributed by atoms with Gasteiger partial charge in [-0.05, 0) is 54.8 Å². The molecule has 0 aromatic heterocycles. The summed E-state index contributed by atoms with van der Waals surface area (Å²) >= 11 is 3.38. The van der Waals surface area contributed by atoms with E-state index in [9.17, 15) is 9.59 Å². The fraction of sp³-hybridized carbons (Fsp3) is 0.250. The van der Waals surface area contributed by atoms with E-state index in [-0.39, 0.29) is 18.4 Å². The fourth-order valence-electron chi connectivity index (χ4n) is 2.45. The maximum absolute atomic E-state index is 12.2. The summed E-state index contributed by atoms with van der Waals surface area (Å²) in [7, 11) is 1.62. The topological polar surface area (TPSA) is 73.2 Å². The van der Waals surface area contributed by atoms with Crippen LogP contribution in [0.15, 0.2) is 46.9 Å². The van der Waals surface area contributed by atoms with Crippen LogP contribution in [-0.4, -0.2) is 30.3 Å². The first kappa shape index (κ1) is 19.7. The molecule has 5 nitrogen and oxygen atoms in total. The number of carbonyl (C=O) groups is 2. The summed E-state index contributed by atoms with van der Waals surface area (Å²) in [6.45, 7) is 1.91. The number of rotatable bonds is 6. The van der Waals surface area contributed by atoms with E-state index < -0.39 is 0 Å². The molecule has 2 amide bonds. The van der Waals surface area contributed by atoms with E-state index in [1.807, 2.05) is 37.3 Å². The monoisotopic (exact) mass is 413 g/mol. The number of carbonyl (C=O) groups excluding carboxylic acids is 2. The highest BCUT2D eigenvalue weighted by atomic mass is 79.9. The summed E-state index contributed by atoms with van der Waals surface area (Å²) in [6.07, 6.45) is 0.884. The van der Waals surface area contributed by atoms with Gasteiger partial charge in [0.05, 0.1) is 18.2 Å². The van der Waals surface area contributed by atoms with Gasteiger partial charge in [-0.15, -0.1) is 0 Å². The standard InChI is InChI=1S/C20H20BrN3O2/c1-14-11-17(21)8-9-18(14)23-19(25)13-24(2)20(26)10-7-15-3-5-16(12-22)6-4-15/h3-6,8-9,11H,7,10,13H2,1-2H3,(H,23,25). The molecule has 0 aliphatic rings. The Bertz CT molecular complexity index is 841. The molecule has 0 saturated carbocycles. The second-order valence-corrected chi connectivity index (χ2v) is 6.98. The molecule has 2 aromatic rings.